The molecule has 0 fully saturated rings. The molecule has 0 aliphatic rings. The van der Waals surface area contributed by atoms with Gasteiger partial charge < -0.3 is 9.98 Å². The molecular formula is C58H39N3. The molecular weight excluding hydrogens is 739 g/mol. The molecule has 0 radical (unpaired) electrons. The van der Waals surface area contributed by atoms with E-state index in [2.05, 4.69) is 205 Å². The zero-order chi connectivity index (χ0) is 40.7. The number of benzene rings is 10. The van der Waals surface area contributed by atoms with Gasteiger partial charge in [0.25, 0.3) is 0 Å². The first-order chi connectivity index (χ1) is 30.2. The molecule has 0 aliphatic carbocycles. The van der Waals surface area contributed by atoms with E-state index in [9.17, 15) is 5.41 Å². The third-order valence-electron chi connectivity index (χ3n) is 11.9. The van der Waals surface area contributed by atoms with Gasteiger partial charge in [-0.1, -0.05) is 182 Å². The van der Waals surface area contributed by atoms with E-state index in [0.29, 0.717) is 11.4 Å². The average molecular weight is 778 g/mol. The zero-order valence-electron chi connectivity index (χ0n) is 33.3. The summed E-state index contributed by atoms with van der Waals surface area (Å²) in [4.78, 5) is 5.33. The van der Waals surface area contributed by atoms with Gasteiger partial charge >= 0.3 is 0 Å². The van der Waals surface area contributed by atoms with Crippen molar-refractivity contribution < 1.29 is 0 Å². The highest BCUT2D eigenvalue weighted by Crippen LogP contribution is 2.37. The molecule has 11 rings (SSSR count). The van der Waals surface area contributed by atoms with Gasteiger partial charge in [-0.25, -0.2) is 0 Å². The standard InChI is InChI=1S/C58H39N3/c59-55(42-28-26-40(27-29-42)39-14-3-1-4-15-39)37-56(60-38-54-49-23-10-8-17-45(49)35-53-48-22-9-7-16-41(48)30-32-50(53)54)46-19-13-18-43(34-46)44-31-33-52-51-24-11-12-25-57(51)61(58(52)36-44)47-20-5-2-6-21-47/h1-38,59H/b56-37-,59-55?,60-38?. The fraction of sp³-hybridized carbons (Fsp3) is 0. The number of allylic oxidation sites excluding steroid dienone is 1. The van der Waals surface area contributed by atoms with Crippen LogP contribution in [0.4, 0.5) is 0 Å². The highest BCUT2D eigenvalue weighted by atomic mass is 15.0. The second kappa shape index (κ2) is 15.2. The van der Waals surface area contributed by atoms with E-state index < -0.39 is 0 Å². The zero-order valence-corrected chi connectivity index (χ0v) is 33.3. The Bertz CT molecular complexity index is 3520. The number of hydrogen-bond acceptors (Lipinski definition) is 2. The lowest BCUT2D eigenvalue weighted by Gasteiger charge is -2.12. The SMILES string of the molecule is N=C(/C=C(\N=Cc1c2ccccc2cc2c1ccc1ccccc12)c1cccc(-c2ccc3c4ccccc4n(-c4ccccc4)c3c2)c1)c1ccc(-c2ccccc2)cc1. The second-order valence-corrected chi connectivity index (χ2v) is 15.5. The van der Waals surface area contributed by atoms with Gasteiger partial charge in [-0.15, -0.1) is 0 Å². The largest absolute Gasteiger partial charge is 0.309 e. The molecule has 3 nitrogen and oxygen atoms in total. The lowest BCUT2D eigenvalue weighted by Crippen LogP contribution is -1.97. The number of nitrogens with one attached hydrogen (secondary N) is 1. The van der Waals surface area contributed by atoms with Crippen LogP contribution in [0, 0.1) is 5.41 Å². The van der Waals surface area contributed by atoms with Crippen LogP contribution < -0.4 is 0 Å². The summed E-state index contributed by atoms with van der Waals surface area (Å²) in [7, 11) is 0. The third kappa shape index (κ3) is 6.59. The predicted molar refractivity (Wildman–Crippen MR) is 259 cm³/mol. The van der Waals surface area contributed by atoms with E-state index >= 15 is 0 Å². The number of nitrogens with zero attached hydrogens (tertiary/aromatic N) is 2. The first kappa shape index (κ1) is 36.0. The maximum atomic E-state index is 9.43. The van der Waals surface area contributed by atoms with Crippen molar-refractivity contribution in [1.82, 2.24) is 4.57 Å². The van der Waals surface area contributed by atoms with E-state index in [4.69, 9.17) is 4.99 Å². The molecule has 1 aromatic heterocycles. The molecule has 3 heteroatoms. The van der Waals surface area contributed by atoms with Crippen molar-refractivity contribution in [1.29, 1.82) is 5.41 Å². The lowest BCUT2D eigenvalue weighted by atomic mass is 9.94. The fourth-order valence-electron chi connectivity index (χ4n) is 8.88. The summed E-state index contributed by atoms with van der Waals surface area (Å²) < 4.78 is 2.36. The summed E-state index contributed by atoms with van der Waals surface area (Å²) in [6.45, 7) is 0. The molecule has 0 bridgehead atoms. The van der Waals surface area contributed by atoms with Crippen molar-refractivity contribution in [2.24, 2.45) is 4.99 Å². The van der Waals surface area contributed by atoms with Gasteiger partial charge in [0.1, 0.15) is 0 Å². The maximum absolute atomic E-state index is 9.43. The van der Waals surface area contributed by atoms with Crippen LogP contribution >= 0.6 is 0 Å². The monoisotopic (exact) mass is 777 g/mol. The van der Waals surface area contributed by atoms with Crippen LogP contribution in [0.1, 0.15) is 16.7 Å². The molecule has 0 atom stereocenters. The molecule has 1 N–H and O–H groups in total. The molecule has 61 heavy (non-hydrogen) atoms. The minimum atomic E-state index is 0.389. The topological polar surface area (TPSA) is 41.1 Å². The van der Waals surface area contributed by atoms with Crippen LogP contribution in [-0.2, 0) is 0 Å². The summed E-state index contributed by atoms with van der Waals surface area (Å²) >= 11 is 0. The van der Waals surface area contributed by atoms with Gasteiger partial charge in [0.2, 0.25) is 0 Å². The summed E-state index contributed by atoms with van der Waals surface area (Å²) in [6.07, 6.45) is 3.92. The Hall–Kier alpha value is -8.14. The van der Waals surface area contributed by atoms with Gasteiger partial charge in [0, 0.05) is 33.8 Å². The molecule has 0 saturated heterocycles. The Morgan fingerprint density at radius 1 is 0.393 bits per heavy atom. The molecule has 0 unspecified atom stereocenters. The highest BCUT2D eigenvalue weighted by molar-refractivity contribution is 6.21. The summed E-state index contributed by atoms with van der Waals surface area (Å²) in [5, 5.41) is 18.9. The van der Waals surface area contributed by atoms with Crippen molar-refractivity contribution in [3.63, 3.8) is 0 Å². The van der Waals surface area contributed by atoms with E-state index in [-0.39, 0.29) is 0 Å². The number of fused-ring (bicyclic) bond motifs is 7. The Labute approximate surface area is 354 Å². The molecule has 1 heterocycles. The minimum absolute atomic E-state index is 0.389. The van der Waals surface area contributed by atoms with Gasteiger partial charge in [-0.3, -0.25) is 4.99 Å². The molecule has 0 aliphatic heterocycles. The minimum Gasteiger partial charge on any atom is -0.309 e. The van der Waals surface area contributed by atoms with Crippen LogP contribution in [0.5, 0.6) is 0 Å². The third-order valence-corrected chi connectivity index (χ3v) is 11.9. The summed E-state index contributed by atoms with van der Waals surface area (Å²) in [6, 6.07) is 77.0. The van der Waals surface area contributed by atoms with E-state index in [1.165, 1.54) is 32.4 Å². The van der Waals surface area contributed by atoms with Crippen LogP contribution in [0.2, 0.25) is 0 Å². The quantitative estimate of drug-likeness (QED) is 0.0907. The van der Waals surface area contributed by atoms with Crippen molar-refractivity contribution in [3.05, 3.63) is 241 Å². The number of hydrogen-bond donors (Lipinski definition) is 1. The van der Waals surface area contributed by atoms with Crippen LogP contribution in [-0.4, -0.2) is 16.5 Å². The molecule has 11 aromatic rings. The fourth-order valence-corrected chi connectivity index (χ4v) is 8.88. The summed E-state index contributed by atoms with van der Waals surface area (Å²) in [5.41, 5.74) is 11.8. The molecule has 0 spiro atoms. The smallest absolute Gasteiger partial charge is 0.0723 e. The van der Waals surface area contributed by atoms with E-state index in [0.717, 1.165) is 66.3 Å². The average Bonchev–Trinajstić information content (AvgIpc) is 3.66. The second-order valence-electron chi connectivity index (χ2n) is 15.5. The van der Waals surface area contributed by atoms with Gasteiger partial charge in [0.05, 0.1) is 22.4 Å². The normalized spacial score (nSPS) is 12.0. The highest BCUT2D eigenvalue weighted by Gasteiger charge is 2.15. The molecule has 286 valence electrons. The van der Waals surface area contributed by atoms with E-state index in [1.807, 2.05) is 30.5 Å². The van der Waals surface area contributed by atoms with E-state index in [1.54, 1.807) is 0 Å². The maximum Gasteiger partial charge on any atom is 0.0723 e. The van der Waals surface area contributed by atoms with Gasteiger partial charge in [-0.2, -0.15) is 0 Å². The Morgan fingerprint density at radius 3 is 1.82 bits per heavy atom. The summed E-state index contributed by atoms with van der Waals surface area (Å²) in [5.74, 6) is 0. The van der Waals surface area contributed by atoms with Crippen molar-refractivity contribution in [2.45, 2.75) is 0 Å². The molecule has 10 aromatic carbocycles. The van der Waals surface area contributed by atoms with Crippen molar-refractivity contribution in [3.8, 4) is 27.9 Å². The van der Waals surface area contributed by atoms with Gasteiger partial charge in [-0.05, 0) is 103 Å². The number of para-hydroxylation sites is 2. The Morgan fingerprint density at radius 2 is 1.00 bits per heavy atom. The Kier molecular flexibility index (Phi) is 8.98. The van der Waals surface area contributed by atoms with Crippen molar-refractivity contribution in [2.75, 3.05) is 0 Å². The number of aliphatic imine (C=N–C) groups is 1. The first-order valence-electron chi connectivity index (χ1n) is 20.7. The number of aromatic nitrogens is 1. The Balaban J connectivity index is 1.06. The van der Waals surface area contributed by atoms with Crippen LogP contribution in [0.3, 0.4) is 0 Å². The van der Waals surface area contributed by atoms with Crippen LogP contribution in [0.15, 0.2) is 229 Å². The predicted octanol–water partition coefficient (Wildman–Crippen LogP) is 15.1. The van der Waals surface area contributed by atoms with Gasteiger partial charge in [0.15, 0.2) is 0 Å². The molecule has 0 amide bonds. The first-order valence-corrected chi connectivity index (χ1v) is 20.7. The van der Waals surface area contributed by atoms with Crippen molar-refractivity contribution >= 4 is 71.7 Å². The van der Waals surface area contributed by atoms with Crippen LogP contribution in [0.25, 0.3) is 87.8 Å². The number of rotatable bonds is 8. The molecule has 0 saturated carbocycles. The lowest BCUT2D eigenvalue weighted by molar-refractivity contribution is 1.18.